The summed E-state index contributed by atoms with van der Waals surface area (Å²) < 4.78 is 11.2. The number of hydrogen-bond donors (Lipinski definition) is 2. The van der Waals surface area contributed by atoms with Crippen LogP contribution in [0.3, 0.4) is 0 Å². The van der Waals surface area contributed by atoms with E-state index in [2.05, 4.69) is 15.1 Å². The molecule has 1 atom stereocenters. The molecule has 0 amide bonds. The lowest BCUT2D eigenvalue weighted by molar-refractivity contribution is 0.0361. The Hall–Kier alpha value is -1.63. The Morgan fingerprint density at radius 1 is 1.33 bits per heavy atom. The molecule has 0 aliphatic carbocycles. The highest BCUT2D eigenvalue weighted by atomic mass is 16.5. The van der Waals surface area contributed by atoms with Crippen LogP contribution < -0.4 is 4.74 Å². The molecule has 6 heteroatoms. The number of benzene rings is 1. The maximum atomic E-state index is 10.2. The summed E-state index contributed by atoms with van der Waals surface area (Å²) in [5.74, 6) is 0.783. The molecule has 0 saturated carbocycles. The first kappa shape index (κ1) is 17.2. The van der Waals surface area contributed by atoms with Crippen molar-refractivity contribution >= 4 is 10.9 Å². The summed E-state index contributed by atoms with van der Waals surface area (Å²) in [5.41, 5.74) is 1.88. The van der Waals surface area contributed by atoms with Crippen LogP contribution in [-0.4, -0.2) is 65.8 Å². The van der Waals surface area contributed by atoms with Gasteiger partial charge in [-0.2, -0.15) is 5.10 Å². The number of nitrogens with one attached hydrogen (secondary N) is 1. The topological polar surface area (TPSA) is 70.6 Å². The van der Waals surface area contributed by atoms with Gasteiger partial charge < -0.3 is 14.6 Å². The molecule has 1 aromatic carbocycles. The minimum atomic E-state index is -0.433. The monoisotopic (exact) mass is 333 g/mol. The van der Waals surface area contributed by atoms with Gasteiger partial charge in [0.2, 0.25) is 0 Å². The molecule has 132 valence electrons. The summed E-state index contributed by atoms with van der Waals surface area (Å²) in [6.45, 7) is 7.13. The first-order valence-corrected chi connectivity index (χ1v) is 8.78. The average molecular weight is 333 g/mol. The zero-order chi connectivity index (χ0) is 16.8. The van der Waals surface area contributed by atoms with E-state index in [4.69, 9.17) is 9.47 Å². The second-order valence-corrected chi connectivity index (χ2v) is 6.41. The average Bonchev–Trinajstić information content (AvgIpc) is 3.00. The number of aliphatic hydroxyl groups excluding tert-OH is 1. The summed E-state index contributed by atoms with van der Waals surface area (Å²) in [5, 5.41) is 18.4. The second kappa shape index (κ2) is 8.46. The maximum absolute atomic E-state index is 10.2. The number of aromatic amines is 1. The van der Waals surface area contributed by atoms with Crippen LogP contribution in [0.15, 0.2) is 18.2 Å². The van der Waals surface area contributed by atoms with Gasteiger partial charge in [0.05, 0.1) is 30.2 Å². The Labute approximate surface area is 142 Å². The van der Waals surface area contributed by atoms with Crippen LogP contribution in [0.5, 0.6) is 5.75 Å². The molecule has 2 N–H and O–H groups in total. The number of rotatable bonds is 8. The number of aryl methyl sites for hydroxylation is 1. The smallest absolute Gasteiger partial charge is 0.130 e. The van der Waals surface area contributed by atoms with Gasteiger partial charge in [-0.3, -0.25) is 10.00 Å². The van der Waals surface area contributed by atoms with Gasteiger partial charge in [-0.1, -0.05) is 6.07 Å². The fourth-order valence-corrected chi connectivity index (χ4v) is 3.12. The molecule has 1 saturated heterocycles. The lowest BCUT2D eigenvalue weighted by atomic mass is 10.1. The normalized spacial score (nSPS) is 17.2. The molecule has 0 unspecified atom stereocenters. The highest BCUT2D eigenvalue weighted by molar-refractivity contribution is 5.87. The molecule has 6 nitrogen and oxygen atoms in total. The van der Waals surface area contributed by atoms with Crippen molar-refractivity contribution in [2.45, 2.75) is 32.3 Å². The minimum Gasteiger partial charge on any atom is -0.490 e. The van der Waals surface area contributed by atoms with Crippen LogP contribution in [-0.2, 0) is 4.74 Å². The van der Waals surface area contributed by atoms with Crippen molar-refractivity contribution in [2.75, 3.05) is 39.5 Å². The highest BCUT2D eigenvalue weighted by Crippen LogP contribution is 2.26. The molecular weight excluding hydrogens is 306 g/mol. The number of hydrogen-bond acceptors (Lipinski definition) is 5. The van der Waals surface area contributed by atoms with Gasteiger partial charge in [0, 0.05) is 18.8 Å². The predicted molar refractivity (Wildman–Crippen MR) is 93.4 cm³/mol. The molecular formula is C18H27N3O3. The lowest BCUT2D eigenvalue weighted by Gasteiger charge is -2.26. The summed E-state index contributed by atoms with van der Waals surface area (Å²) in [4.78, 5) is 2.43. The minimum absolute atomic E-state index is 0.321. The van der Waals surface area contributed by atoms with Gasteiger partial charge in [0.1, 0.15) is 12.4 Å². The van der Waals surface area contributed by atoms with Crippen molar-refractivity contribution in [1.82, 2.24) is 15.1 Å². The summed E-state index contributed by atoms with van der Waals surface area (Å²) >= 11 is 0. The van der Waals surface area contributed by atoms with E-state index in [0.717, 1.165) is 74.5 Å². The fourth-order valence-electron chi connectivity index (χ4n) is 3.12. The van der Waals surface area contributed by atoms with E-state index >= 15 is 0 Å². The van der Waals surface area contributed by atoms with Crippen molar-refractivity contribution < 1.29 is 14.6 Å². The zero-order valence-corrected chi connectivity index (χ0v) is 14.3. The number of morpholine rings is 1. The number of H-pyrrole nitrogens is 1. The predicted octanol–water partition coefficient (Wildman–Crippen LogP) is 2.11. The van der Waals surface area contributed by atoms with Gasteiger partial charge >= 0.3 is 0 Å². The van der Waals surface area contributed by atoms with Gasteiger partial charge in [0.15, 0.2) is 0 Å². The van der Waals surface area contributed by atoms with Crippen LogP contribution >= 0.6 is 0 Å². The van der Waals surface area contributed by atoms with Crippen molar-refractivity contribution in [2.24, 2.45) is 0 Å². The first-order valence-electron chi connectivity index (χ1n) is 8.78. The van der Waals surface area contributed by atoms with E-state index in [1.165, 1.54) is 0 Å². The van der Waals surface area contributed by atoms with E-state index in [9.17, 15) is 5.11 Å². The molecule has 2 aromatic rings. The third kappa shape index (κ3) is 4.47. The summed E-state index contributed by atoms with van der Waals surface area (Å²) in [6, 6.07) is 5.80. The molecule has 1 aliphatic heterocycles. The molecule has 1 fully saturated rings. The van der Waals surface area contributed by atoms with E-state index in [1.54, 1.807) is 0 Å². The third-order valence-corrected chi connectivity index (χ3v) is 4.52. The largest absolute Gasteiger partial charge is 0.490 e. The van der Waals surface area contributed by atoms with Crippen molar-refractivity contribution in [3.63, 3.8) is 0 Å². The Bertz CT molecular complexity index is 637. The van der Waals surface area contributed by atoms with E-state index < -0.39 is 6.10 Å². The van der Waals surface area contributed by atoms with Crippen LogP contribution in [0, 0.1) is 6.92 Å². The number of aliphatic hydroxyl groups is 1. The van der Waals surface area contributed by atoms with Crippen molar-refractivity contribution in [1.29, 1.82) is 0 Å². The van der Waals surface area contributed by atoms with Gasteiger partial charge in [0.25, 0.3) is 0 Å². The second-order valence-electron chi connectivity index (χ2n) is 6.41. The Balaban J connectivity index is 1.39. The van der Waals surface area contributed by atoms with Crippen molar-refractivity contribution in [3.05, 3.63) is 23.9 Å². The zero-order valence-electron chi connectivity index (χ0n) is 14.3. The van der Waals surface area contributed by atoms with Crippen LogP contribution in [0.25, 0.3) is 10.9 Å². The van der Waals surface area contributed by atoms with Gasteiger partial charge in [-0.15, -0.1) is 0 Å². The third-order valence-electron chi connectivity index (χ3n) is 4.52. The van der Waals surface area contributed by atoms with E-state index in [-0.39, 0.29) is 0 Å². The summed E-state index contributed by atoms with van der Waals surface area (Å²) in [6.07, 6.45) is 2.45. The number of ether oxygens (including phenoxy) is 2. The Kier molecular flexibility index (Phi) is 6.07. The fraction of sp³-hybridized carbons (Fsp3) is 0.611. The highest BCUT2D eigenvalue weighted by Gasteiger charge is 2.12. The van der Waals surface area contributed by atoms with Gasteiger partial charge in [-0.25, -0.2) is 0 Å². The maximum Gasteiger partial charge on any atom is 0.130 e. The first-order chi connectivity index (χ1) is 11.7. The lowest BCUT2D eigenvalue weighted by Crippen LogP contribution is -2.36. The standard InChI is InChI=1S/C18H27N3O3/c1-14-18-16(20-19-14)6-4-7-17(18)24-13-15(22)5-2-3-8-21-9-11-23-12-10-21/h4,6-7,15,22H,2-3,5,8-13H2,1H3,(H,19,20)/t15-/m0/s1. The van der Waals surface area contributed by atoms with Crippen LogP contribution in [0.1, 0.15) is 25.0 Å². The molecule has 0 bridgehead atoms. The number of aromatic nitrogens is 2. The molecule has 1 aromatic heterocycles. The summed E-state index contributed by atoms with van der Waals surface area (Å²) in [7, 11) is 0. The molecule has 0 radical (unpaired) electrons. The number of fused-ring (bicyclic) bond motifs is 1. The number of nitrogens with zero attached hydrogens (tertiary/aromatic N) is 2. The number of unbranched alkanes of at least 4 members (excludes halogenated alkanes) is 1. The van der Waals surface area contributed by atoms with Crippen LogP contribution in [0.2, 0.25) is 0 Å². The van der Waals surface area contributed by atoms with E-state index in [0.29, 0.717) is 6.61 Å². The quantitative estimate of drug-likeness (QED) is 0.724. The SMILES string of the molecule is Cc1[nH]nc2cccc(OC[C@@H](O)CCCCN3CCOCC3)c12. The molecule has 2 heterocycles. The Morgan fingerprint density at radius 3 is 3.00 bits per heavy atom. The van der Waals surface area contributed by atoms with Crippen molar-refractivity contribution in [3.8, 4) is 5.75 Å². The molecule has 3 rings (SSSR count). The molecule has 1 aliphatic rings. The van der Waals surface area contributed by atoms with Gasteiger partial charge in [-0.05, 0) is 44.9 Å². The van der Waals surface area contributed by atoms with E-state index in [1.807, 2.05) is 25.1 Å². The van der Waals surface area contributed by atoms with Crippen LogP contribution in [0.4, 0.5) is 0 Å². The molecule has 0 spiro atoms. The Morgan fingerprint density at radius 2 is 2.17 bits per heavy atom. The molecule has 24 heavy (non-hydrogen) atoms.